The van der Waals surface area contributed by atoms with E-state index in [0.29, 0.717) is 0 Å². The molecule has 0 bridgehead atoms. The molecule has 1 aliphatic heterocycles. The second-order valence-corrected chi connectivity index (χ2v) is 5.63. The van der Waals surface area contributed by atoms with Gasteiger partial charge in [0, 0.05) is 11.8 Å². The Morgan fingerprint density at radius 1 is 1.08 bits per heavy atom. The molecule has 0 atom stereocenters. The highest BCUT2D eigenvalue weighted by Gasteiger charge is 2.40. The average molecular weight is 325 g/mol. The first-order valence-electron chi connectivity index (χ1n) is 7.35. The van der Waals surface area contributed by atoms with Crippen LogP contribution >= 0.6 is 0 Å². The molecule has 1 N–H and O–H groups in total. The number of rotatable bonds is 4. The van der Waals surface area contributed by atoms with Crippen LogP contribution in [0.2, 0.25) is 0 Å². The summed E-state index contributed by atoms with van der Waals surface area (Å²) in [5, 5.41) is 14.1. The Morgan fingerprint density at radius 2 is 1.83 bits per heavy atom. The van der Waals surface area contributed by atoms with Gasteiger partial charge in [-0.05, 0) is 43.2 Å². The topological polar surface area (TPSA) is 92.6 Å². The van der Waals surface area contributed by atoms with Crippen molar-refractivity contribution in [1.82, 2.24) is 4.90 Å². The van der Waals surface area contributed by atoms with Gasteiger partial charge in [0.25, 0.3) is 17.5 Å². The lowest BCUT2D eigenvalue weighted by Crippen LogP contribution is -2.34. The van der Waals surface area contributed by atoms with E-state index < -0.39 is 16.7 Å². The number of carbonyl (C=O) groups excluding carboxylic acids is 2. The van der Waals surface area contributed by atoms with E-state index in [1.165, 1.54) is 18.2 Å². The molecule has 3 rings (SSSR count). The first-order chi connectivity index (χ1) is 11.4. The van der Waals surface area contributed by atoms with E-state index in [1.807, 2.05) is 32.0 Å². The molecule has 122 valence electrons. The van der Waals surface area contributed by atoms with Gasteiger partial charge in [0.1, 0.15) is 5.56 Å². The first-order valence-corrected chi connectivity index (χ1v) is 7.35. The third-order valence-corrected chi connectivity index (χ3v) is 4.12. The number of nitrogens with zero attached hydrogens (tertiary/aromatic N) is 2. The number of aryl methyl sites for hydroxylation is 2. The minimum absolute atomic E-state index is 0.0496. The SMILES string of the molecule is Cc1ccc(NCN2C(=O)c3cccc([N+](=O)[O-])c3C2=O)cc1C. The third-order valence-electron chi connectivity index (χ3n) is 4.12. The van der Waals surface area contributed by atoms with Crippen LogP contribution in [0.15, 0.2) is 36.4 Å². The van der Waals surface area contributed by atoms with E-state index >= 15 is 0 Å². The molecule has 0 unspecified atom stereocenters. The van der Waals surface area contributed by atoms with Gasteiger partial charge in [0.15, 0.2) is 0 Å². The summed E-state index contributed by atoms with van der Waals surface area (Å²) in [6.45, 7) is 3.90. The molecule has 0 spiro atoms. The molecule has 0 saturated carbocycles. The fourth-order valence-corrected chi connectivity index (χ4v) is 2.63. The van der Waals surface area contributed by atoms with Crippen molar-refractivity contribution in [1.29, 1.82) is 0 Å². The third kappa shape index (κ3) is 2.50. The summed E-state index contributed by atoms with van der Waals surface area (Å²) in [6.07, 6.45) is 0. The molecule has 24 heavy (non-hydrogen) atoms. The lowest BCUT2D eigenvalue weighted by Gasteiger charge is -2.16. The van der Waals surface area contributed by atoms with Crippen molar-refractivity contribution in [2.24, 2.45) is 0 Å². The summed E-state index contributed by atoms with van der Waals surface area (Å²) < 4.78 is 0. The van der Waals surface area contributed by atoms with E-state index in [9.17, 15) is 19.7 Å². The maximum atomic E-state index is 12.4. The fraction of sp³-hybridized carbons (Fsp3) is 0.176. The first kappa shape index (κ1) is 15.7. The predicted molar refractivity (Wildman–Crippen MR) is 88.0 cm³/mol. The van der Waals surface area contributed by atoms with Gasteiger partial charge < -0.3 is 5.32 Å². The zero-order valence-corrected chi connectivity index (χ0v) is 13.2. The van der Waals surface area contributed by atoms with E-state index in [0.717, 1.165) is 21.7 Å². The van der Waals surface area contributed by atoms with Crippen LogP contribution in [0.3, 0.4) is 0 Å². The van der Waals surface area contributed by atoms with E-state index in [2.05, 4.69) is 5.32 Å². The maximum absolute atomic E-state index is 12.4. The molecule has 1 heterocycles. The van der Waals surface area contributed by atoms with Crippen molar-refractivity contribution in [2.75, 3.05) is 12.0 Å². The number of nitrogens with one attached hydrogen (secondary N) is 1. The Morgan fingerprint density at radius 3 is 2.50 bits per heavy atom. The standard InChI is InChI=1S/C17H15N3O4/c1-10-6-7-12(8-11(10)2)18-9-19-16(21)13-4-3-5-14(20(23)24)15(13)17(19)22/h3-8,18H,9H2,1-2H3. The summed E-state index contributed by atoms with van der Waals surface area (Å²) in [5.41, 5.74) is 2.56. The van der Waals surface area contributed by atoms with Gasteiger partial charge in [-0.25, -0.2) is 0 Å². The Bertz CT molecular complexity index is 876. The van der Waals surface area contributed by atoms with Crippen LogP contribution < -0.4 is 5.32 Å². The second-order valence-electron chi connectivity index (χ2n) is 5.63. The van der Waals surface area contributed by atoms with Crippen LogP contribution in [0.5, 0.6) is 0 Å². The Kier molecular flexibility index (Phi) is 3.76. The largest absolute Gasteiger partial charge is 0.367 e. The summed E-state index contributed by atoms with van der Waals surface area (Å²) in [4.78, 5) is 36.2. The number of nitro groups is 1. The van der Waals surface area contributed by atoms with Crippen molar-refractivity contribution in [2.45, 2.75) is 13.8 Å². The molecule has 7 nitrogen and oxygen atoms in total. The molecule has 2 amide bonds. The van der Waals surface area contributed by atoms with Crippen LogP contribution in [0.4, 0.5) is 11.4 Å². The van der Waals surface area contributed by atoms with Crippen LogP contribution in [0, 0.1) is 24.0 Å². The zero-order chi connectivity index (χ0) is 17.4. The van der Waals surface area contributed by atoms with E-state index in [4.69, 9.17) is 0 Å². The second kappa shape index (κ2) is 5.77. The van der Waals surface area contributed by atoms with Crippen LogP contribution in [-0.4, -0.2) is 28.3 Å². The van der Waals surface area contributed by atoms with Crippen LogP contribution in [-0.2, 0) is 0 Å². The van der Waals surface area contributed by atoms with Gasteiger partial charge in [0.2, 0.25) is 0 Å². The summed E-state index contributed by atoms with van der Waals surface area (Å²) >= 11 is 0. The molecule has 2 aromatic rings. The van der Waals surface area contributed by atoms with Gasteiger partial charge in [-0.1, -0.05) is 12.1 Å². The Labute approximate surface area is 138 Å². The molecule has 0 aromatic heterocycles. The maximum Gasteiger partial charge on any atom is 0.282 e. The van der Waals surface area contributed by atoms with Crippen LogP contribution in [0.1, 0.15) is 31.8 Å². The smallest absolute Gasteiger partial charge is 0.282 e. The number of fused-ring (bicyclic) bond motifs is 1. The quantitative estimate of drug-likeness (QED) is 0.530. The molecule has 1 aliphatic rings. The van der Waals surface area contributed by atoms with Crippen LogP contribution in [0.25, 0.3) is 0 Å². The number of amides is 2. The van der Waals surface area contributed by atoms with Gasteiger partial charge in [-0.15, -0.1) is 0 Å². The normalized spacial score (nSPS) is 13.2. The zero-order valence-electron chi connectivity index (χ0n) is 13.2. The van der Waals surface area contributed by atoms with Gasteiger partial charge in [-0.3, -0.25) is 24.6 Å². The average Bonchev–Trinajstić information content (AvgIpc) is 2.80. The highest BCUT2D eigenvalue weighted by molar-refractivity contribution is 6.23. The minimum Gasteiger partial charge on any atom is -0.367 e. The number of hydrogen-bond acceptors (Lipinski definition) is 5. The number of benzene rings is 2. The molecule has 0 aliphatic carbocycles. The van der Waals surface area contributed by atoms with E-state index in [-0.39, 0.29) is 23.5 Å². The lowest BCUT2D eigenvalue weighted by atomic mass is 10.1. The minimum atomic E-state index is -0.654. The van der Waals surface area contributed by atoms with Gasteiger partial charge in [0.05, 0.1) is 17.2 Å². The number of nitro benzene ring substituents is 1. The molecule has 2 aromatic carbocycles. The van der Waals surface area contributed by atoms with Crippen molar-refractivity contribution >= 4 is 23.2 Å². The Hall–Kier alpha value is -3.22. The fourth-order valence-electron chi connectivity index (χ4n) is 2.63. The molecular formula is C17H15N3O4. The number of hydrogen-bond donors (Lipinski definition) is 1. The summed E-state index contributed by atoms with van der Waals surface area (Å²) in [6, 6.07) is 9.76. The van der Waals surface area contributed by atoms with Gasteiger partial charge >= 0.3 is 0 Å². The molecule has 0 fully saturated rings. The molecule has 0 saturated heterocycles. The monoisotopic (exact) mass is 325 g/mol. The lowest BCUT2D eigenvalue weighted by molar-refractivity contribution is -0.385. The molecule has 7 heteroatoms. The van der Waals surface area contributed by atoms with Gasteiger partial charge in [-0.2, -0.15) is 0 Å². The number of carbonyl (C=O) groups is 2. The number of imide groups is 1. The molecule has 0 radical (unpaired) electrons. The molecular weight excluding hydrogens is 310 g/mol. The van der Waals surface area contributed by atoms with Crippen molar-refractivity contribution < 1.29 is 14.5 Å². The highest BCUT2D eigenvalue weighted by atomic mass is 16.6. The predicted octanol–water partition coefficient (Wildman–Crippen LogP) is 2.88. The van der Waals surface area contributed by atoms with Crippen molar-refractivity contribution in [3.63, 3.8) is 0 Å². The van der Waals surface area contributed by atoms with E-state index in [1.54, 1.807) is 0 Å². The Balaban J connectivity index is 1.84. The highest BCUT2D eigenvalue weighted by Crippen LogP contribution is 2.30. The van der Waals surface area contributed by atoms with Crippen molar-refractivity contribution in [3.8, 4) is 0 Å². The summed E-state index contributed by atoms with van der Waals surface area (Å²) in [5.74, 6) is -1.19. The number of anilines is 1. The van der Waals surface area contributed by atoms with Crippen molar-refractivity contribution in [3.05, 3.63) is 68.8 Å². The summed E-state index contributed by atoms with van der Waals surface area (Å²) in [7, 11) is 0.